The zero-order chi connectivity index (χ0) is 18.0. The van der Waals surface area contributed by atoms with E-state index in [4.69, 9.17) is 0 Å². The predicted octanol–water partition coefficient (Wildman–Crippen LogP) is 9.10. The zero-order valence-corrected chi connectivity index (χ0v) is 17.7. The van der Waals surface area contributed by atoms with E-state index in [9.17, 15) is 0 Å². The van der Waals surface area contributed by atoms with Crippen LogP contribution in [-0.2, 0) is 0 Å². The molecule has 0 nitrogen and oxygen atoms in total. The lowest BCUT2D eigenvalue weighted by Crippen LogP contribution is -2.08. The Kier molecular flexibility index (Phi) is 17.4. The molecule has 0 spiro atoms. The molecule has 24 heavy (non-hydrogen) atoms. The van der Waals surface area contributed by atoms with Gasteiger partial charge >= 0.3 is 0 Å². The summed E-state index contributed by atoms with van der Waals surface area (Å²) in [4.78, 5) is 0. The lowest BCUT2D eigenvalue weighted by atomic mass is 9.87. The quantitative estimate of drug-likeness (QED) is 0.173. The normalized spacial score (nSPS) is 13.8. The molecule has 0 aromatic carbocycles. The van der Waals surface area contributed by atoms with E-state index in [0.717, 1.165) is 11.8 Å². The van der Waals surface area contributed by atoms with E-state index >= 15 is 0 Å². The molecule has 0 aliphatic carbocycles. The van der Waals surface area contributed by atoms with Crippen LogP contribution in [0.3, 0.4) is 0 Å². The molecule has 0 amide bonds. The largest absolute Gasteiger partial charge is 0.100 e. The summed E-state index contributed by atoms with van der Waals surface area (Å²) in [5.74, 6) is 1.86. The van der Waals surface area contributed by atoms with Gasteiger partial charge in [-0.05, 0) is 31.6 Å². The van der Waals surface area contributed by atoms with Crippen molar-refractivity contribution in [2.24, 2.45) is 11.8 Å². The van der Waals surface area contributed by atoms with E-state index in [1.54, 1.807) is 0 Å². The third-order valence-electron chi connectivity index (χ3n) is 5.75. The van der Waals surface area contributed by atoms with Gasteiger partial charge in [-0.2, -0.15) is 0 Å². The van der Waals surface area contributed by atoms with Gasteiger partial charge in [0, 0.05) is 0 Å². The molecule has 2 unspecified atom stereocenters. The first-order valence-electron chi connectivity index (χ1n) is 11.2. The van der Waals surface area contributed by atoms with Gasteiger partial charge in [-0.3, -0.25) is 0 Å². The minimum absolute atomic E-state index is 0.931. The molecule has 0 aromatic rings. The fourth-order valence-electron chi connectivity index (χ4n) is 3.59. The van der Waals surface area contributed by atoms with Crippen molar-refractivity contribution in [1.29, 1.82) is 0 Å². The number of unbranched alkanes of at least 4 members (excludes halogenated alkanes) is 11. The van der Waals surface area contributed by atoms with Gasteiger partial charge in [-0.25, -0.2) is 0 Å². The summed E-state index contributed by atoms with van der Waals surface area (Å²) >= 11 is 0. The van der Waals surface area contributed by atoms with Crippen LogP contribution in [0, 0.1) is 11.8 Å². The molecule has 0 heteroatoms. The Morgan fingerprint density at radius 2 is 1.00 bits per heavy atom. The number of rotatable bonds is 18. The second-order valence-electron chi connectivity index (χ2n) is 8.48. The maximum absolute atomic E-state index is 3.98. The number of hydrogen-bond donors (Lipinski definition) is 0. The summed E-state index contributed by atoms with van der Waals surface area (Å²) < 4.78 is 0. The van der Waals surface area contributed by atoms with Crippen molar-refractivity contribution >= 4 is 0 Å². The molecule has 0 N–H and O–H groups in total. The topological polar surface area (TPSA) is 0 Å². The monoisotopic (exact) mass is 336 g/mol. The van der Waals surface area contributed by atoms with Gasteiger partial charge in [0.25, 0.3) is 0 Å². The van der Waals surface area contributed by atoms with Crippen molar-refractivity contribution in [3.05, 3.63) is 12.2 Å². The summed E-state index contributed by atoms with van der Waals surface area (Å²) in [5.41, 5.74) is 1.35. The van der Waals surface area contributed by atoms with Crippen LogP contribution >= 0.6 is 0 Å². The van der Waals surface area contributed by atoms with Gasteiger partial charge in [0.1, 0.15) is 0 Å². The lowest BCUT2D eigenvalue weighted by Gasteiger charge is -2.19. The molecule has 0 rings (SSSR count). The highest BCUT2D eigenvalue weighted by molar-refractivity contribution is 4.86. The molecule has 0 aliphatic heterocycles. The first-order chi connectivity index (χ1) is 11.6. The summed E-state index contributed by atoms with van der Waals surface area (Å²) in [6, 6.07) is 0. The molecule has 144 valence electrons. The Labute approximate surface area is 154 Å². The molecule has 0 aliphatic rings. The Morgan fingerprint density at radius 3 is 1.42 bits per heavy atom. The minimum Gasteiger partial charge on any atom is -0.100 e. The second kappa shape index (κ2) is 17.6. The third kappa shape index (κ3) is 16.6. The maximum Gasteiger partial charge on any atom is -0.0326 e. The van der Waals surface area contributed by atoms with E-state index < -0.39 is 0 Å². The number of allylic oxidation sites excluding steroid dienone is 1. The third-order valence-corrected chi connectivity index (χ3v) is 5.75. The fourth-order valence-corrected chi connectivity index (χ4v) is 3.59. The number of hydrogen-bond acceptors (Lipinski definition) is 0. The Morgan fingerprint density at radius 1 is 0.625 bits per heavy atom. The molecule has 0 fully saturated rings. The van der Waals surface area contributed by atoms with E-state index in [2.05, 4.69) is 34.3 Å². The molecule has 0 aromatic heterocycles. The van der Waals surface area contributed by atoms with Gasteiger partial charge in [0.2, 0.25) is 0 Å². The highest BCUT2D eigenvalue weighted by Crippen LogP contribution is 2.24. The molecule has 0 heterocycles. The summed E-state index contributed by atoms with van der Waals surface area (Å²) in [5, 5.41) is 0. The van der Waals surface area contributed by atoms with Crippen molar-refractivity contribution in [1.82, 2.24) is 0 Å². The van der Waals surface area contributed by atoms with Gasteiger partial charge < -0.3 is 0 Å². The second-order valence-corrected chi connectivity index (χ2v) is 8.48. The molecule has 0 radical (unpaired) electrons. The Bertz CT molecular complexity index is 265. The van der Waals surface area contributed by atoms with Crippen LogP contribution in [0.2, 0.25) is 0 Å². The van der Waals surface area contributed by atoms with Crippen molar-refractivity contribution in [3.63, 3.8) is 0 Å². The first kappa shape index (κ1) is 23.7. The SMILES string of the molecule is C=C(C)CCCCCCCCCCCC(C)C(C)CCCCCC. The Hall–Kier alpha value is -0.260. The molecular weight excluding hydrogens is 288 g/mol. The average Bonchev–Trinajstić information content (AvgIpc) is 2.55. The van der Waals surface area contributed by atoms with E-state index in [-0.39, 0.29) is 0 Å². The minimum atomic E-state index is 0.931. The van der Waals surface area contributed by atoms with Gasteiger partial charge in [-0.15, -0.1) is 6.58 Å². The van der Waals surface area contributed by atoms with Crippen LogP contribution in [0.5, 0.6) is 0 Å². The first-order valence-corrected chi connectivity index (χ1v) is 11.2. The summed E-state index contributed by atoms with van der Waals surface area (Å²) in [6.07, 6.45) is 22.7. The smallest absolute Gasteiger partial charge is 0.0326 e. The summed E-state index contributed by atoms with van der Waals surface area (Å²) in [6.45, 7) is 13.4. The van der Waals surface area contributed by atoms with Crippen LogP contribution in [0.25, 0.3) is 0 Å². The van der Waals surface area contributed by atoms with Crippen molar-refractivity contribution in [2.75, 3.05) is 0 Å². The van der Waals surface area contributed by atoms with Crippen molar-refractivity contribution < 1.29 is 0 Å². The van der Waals surface area contributed by atoms with E-state index in [1.165, 1.54) is 108 Å². The lowest BCUT2D eigenvalue weighted by molar-refractivity contribution is 0.322. The average molecular weight is 337 g/mol. The van der Waals surface area contributed by atoms with Gasteiger partial charge in [0.15, 0.2) is 0 Å². The molecule has 2 atom stereocenters. The van der Waals surface area contributed by atoms with Gasteiger partial charge in [-0.1, -0.05) is 116 Å². The zero-order valence-electron chi connectivity index (χ0n) is 17.7. The molecule has 0 bridgehead atoms. The predicted molar refractivity (Wildman–Crippen MR) is 113 cm³/mol. The maximum atomic E-state index is 3.98. The standard InChI is InChI=1S/C24H48/c1-6-7-8-17-20-23(4)24(5)21-18-15-13-11-9-10-12-14-16-19-22(2)3/h23-24H,2,6-21H2,1,3-5H3. The van der Waals surface area contributed by atoms with Crippen LogP contribution < -0.4 is 0 Å². The van der Waals surface area contributed by atoms with Gasteiger partial charge in [0.05, 0.1) is 0 Å². The van der Waals surface area contributed by atoms with E-state index in [0.29, 0.717) is 0 Å². The van der Waals surface area contributed by atoms with Crippen LogP contribution in [0.4, 0.5) is 0 Å². The van der Waals surface area contributed by atoms with Crippen LogP contribution in [-0.4, -0.2) is 0 Å². The fraction of sp³-hybridized carbons (Fsp3) is 0.917. The highest BCUT2D eigenvalue weighted by atomic mass is 14.2. The molecular formula is C24H48. The van der Waals surface area contributed by atoms with Crippen molar-refractivity contribution in [3.8, 4) is 0 Å². The van der Waals surface area contributed by atoms with E-state index in [1.807, 2.05) is 0 Å². The highest BCUT2D eigenvalue weighted by Gasteiger charge is 2.11. The molecule has 0 saturated heterocycles. The molecule has 0 saturated carbocycles. The summed E-state index contributed by atoms with van der Waals surface area (Å²) in [7, 11) is 0. The van der Waals surface area contributed by atoms with Crippen LogP contribution in [0.15, 0.2) is 12.2 Å². The van der Waals surface area contributed by atoms with Crippen LogP contribution in [0.1, 0.15) is 130 Å². The van der Waals surface area contributed by atoms with Crippen molar-refractivity contribution in [2.45, 2.75) is 130 Å². The Balaban J connectivity index is 3.29.